The number of methoxy groups -OCH3 is 1. The fraction of sp³-hybridized carbons (Fsp3) is 0.414. The van der Waals surface area contributed by atoms with Gasteiger partial charge in [-0.05, 0) is 91.8 Å². The zero-order chi connectivity index (χ0) is 25.3. The van der Waals surface area contributed by atoms with Crippen molar-refractivity contribution in [2.24, 2.45) is 5.41 Å². The molecule has 1 fully saturated rings. The molecule has 0 N–H and O–H groups in total. The summed E-state index contributed by atoms with van der Waals surface area (Å²) in [5.74, 6) is 1.43. The molecule has 0 spiro atoms. The summed E-state index contributed by atoms with van der Waals surface area (Å²) in [6.07, 6.45) is 3.34. The summed E-state index contributed by atoms with van der Waals surface area (Å²) in [7, 11) is 1.40. The van der Waals surface area contributed by atoms with Crippen molar-refractivity contribution < 1.29 is 23.4 Å². The highest BCUT2D eigenvalue weighted by Gasteiger charge is 2.37. The first-order valence-corrected chi connectivity index (χ1v) is 13.2. The number of ether oxygens (including phenoxy) is 3. The number of anilines is 1. The van der Waals surface area contributed by atoms with E-state index in [4.69, 9.17) is 18.6 Å². The Labute approximate surface area is 217 Å². The molecule has 1 aliphatic carbocycles. The minimum Gasteiger partial charge on any atom is -0.487 e. The van der Waals surface area contributed by atoms with Crippen LogP contribution in [0.2, 0.25) is 0 Å². The predicted octanol–water partition coefficient (Wildman–Crippen LogP) is 6.30. The van der Waals surface area contributed by atoms with Crippen LogP contribution in [0.25, 0.3) is 0 Å². The molecule has 0 unspecified atom stereocenters. The number of aryl methyl sites for hydroxylation is 4. The lowest BCUT2D eigenvalue weighted by Crippen LogP contribution is -2.47. The summed E-state index contributed by atoms with van der Waals surface area (Å²) < 4.78 is 25.2. The Balaban J connectivity index is 1.45. The number of carbonyl (C=O) groups is 1. The zero-order valence-corrected chi connectivity index (χ0v) is 22.2. The van der Waals surface area contributed by atoms with Crippen LogP contribution in [0.3, 0.4) is 0 Å². The Hall–Kier alpha value is -2.90. The van der Waals surface area contributed by atoms with Gasteiger partial charge >= 0.3 is 5.97 Å². The van der Waals surface area contributed by atoms with E-state index in [2.05, 4.69) is 23.4 Å². The molecule has 0 radical (unpaired) electrons. The van der Waals surface area contributed by atoms with Crippen molar-refractivity contribution >= 4 is 23.6 Å². The van der Waals surface area contributed by atoms with Crippen molar-refractivity contribution in [1.29, 1.82) is 0 Å². The van der Waals surface area contributed by atoms with Gasteiger partial charge in [0, 0.05) is 23.9 Å². The van der Waals surface area contributed by atoms with Crippen LogP contribution in [0.15, 0.2) is 52.0 Å². The van der Waals surface area contributed by atoms with E-state index in [1.54, 1.807) is 18.0 Å². The molecular formula is C29H33NO5S. The van der Waals surface area contributed by atoms with Gasteiger partial charge in [0.15, 0.2) is 5.09 Å². The molecule has 0 bridgehead atoms. The van der Waals surface area contributed by atoms with Gasteiger partial charge in [0.05, 0.1) is 31.6 Å². The second-order valence-corrected chi connectivity index (χ2v) is 11.2. The Morgan fingerprint density at radius 3 is 2.50 bits per heavy atom. The fourth-order valence-corrected chi connectivity index (χ4v) is 5.91. The van der Waals surface area contributed by atoms with Gasteiger partial charge in [-0.3, -0.25) is 0 Å². The third-order valence-electron chi connectivity index (χ3n) is 6.93. The molecule has 36 heavy (non-hydrogen) atoms. The standard InChI is InChI=1S/C29H33NO5S/c1-19-12-23(28(31)32-4)9-10-24(19)15-34-26-14-22-7-5-6-21(22)13-25(26)30(16-29(3)17-33-18-29)36-27-11-8-20(2)35-27/h8-14H,5-7,15-18H2,1-4H3. The average Bonchev–Trinajstić information content (AvgIpc) is 3.48. The minimum absolute atomic E-state index is 0.0746. The van der Waals surface area contributed by atoms with Gasteiger partial charge in [-0.25, -0.2) is 4.79 Å². The molecule has 2 heterocycles. The van der Waals surface area contributed by atoms with E-state index in [0.29, 0.717) is 12.2 Å². The van der Waals surface area contributed by atoms with E-state index in [1.165, 1.54) is 24.7 Å². The van der Waals surface area contributed by atoms with E-state index < -0.39 is 0 Å². The maximum atomic E-state index is 11.9. The number of rotatable bonds is 9. The number of furan rings is 1. The lowest BCUT2D eigenvalue weighted by atomic mass is 9.88. The van der Waals surface area contributed by atoms with Crippen molar-refractivity contribution in [2.45, 2.75) is 51.7 Å². The van der Waals surface area contributed by atoms with Crippen LogP contribution in [0.5, 0.6) is 5.75 Å². The molecule has 2 aromatic carbocycles. The van der Waals surface area contributed by atoms with E-state index in [-0.39, 0.29) is 11.4 Å². The highest BCUT2D eigenvalue weighted by molar-refractivity contribution is 8.00. The normalized spacial score (nSPS) is 15.8. The second kappa shape index (κ2) is 10.2. The minimum atomic E-state index is -0.333. The molecule has 1 aliphatic heterocycles. The molecule has 0 atom stereocenters. The Kier molecular flexibility index (Phi) is 7.04. The van der Waals surface area contributed by atoms with Gasteiger partial charge in [-0.1, -0.05) is 13.0 Å². The van der Waals surface area contributed by atoms with Crippen molar-refractivity contribution in [1.82, 2.24) is 0 Å². The highest BCUT2D eigenvalue weighted by atomic mass is 32.2. The second-order valence-electron chi connectivity index (χ2n) is 10.2. The molecule has 1 saturated heterocycles. The first kappa shape index (κ1) is 24.8. The summed E-state index contributed by atoms with van der Waals surface area (Å²) in [4.78, 5) is 11.9. The van der Waals surface area contributed by atoms with E-state index >= 15 is 0 Å². The number of esters is 1. The number of nitrogens with zero attached hydrogens (tertiary/aromatic N) is 1. The Morgan fingerprint density at radius 1 is 1.08 bits per heavy atom. The van der Waals surface area contributed by atoms with Gasteiger partial charge in [-0.15, -0.1) is 0 Å². The third-order valence-corrected chi connectivity index (χ3v) is 7.88. The van der Waals surface area contributed by atoms with Crippen molar-refractivity contribution in [3.8, 4) is 5.75 Å². The highest BCUT2D eigenvalue weighted by Crippen LogP contribution is 2.43. The SMILES string of the molecule is COC(=O)c1ccc(COc2cc3c(cc2N(CC2(C)COC2)Sc2ccc(C)o2)CCC3)c(C)c1. The third kappa shape index (κ3) is 5.27. The maximum absolute atomic E-state index is 11.9. The lowest BCUT2D eigenvalue weighted by Gasteiger charge is -2.42. The molecule has 1 aromatic heterocycles. The summed E-state index contributed by atoms with van der Waals surface area (Å²) in [5, 5.41) is 0.858. The molecule has 2 aliphatic rings. The summed E-state index contributed by atoms with van der Waals surface area (Å²) in [5.41, 5.74) is 6.48. The molecular weight excluding hydrogens is 474 g/mol. The molecule has 0 saturated carbocycles. The van der Waals surface area contributed by atoms with Crippen LogP contribution in [0, 0.1) is 19.3 Å². The first-order chi connectivity index (χ1) is 17.3. The number of hydrogen-bond acceptors (Lipinski definition) is 7. The van der Waals surface area contributed by atoms with Gasteiger partial charge in [0.1, 0.15) is 18.1 Å². The summed E-state index contributed by atoms with van der Waals surface area (Å²) >= 11 is 1.61. The molecule has 5 rings (SSSR count). The predicted molar refractivity (Wildman–Crippen MR) is 141 cm³/mol. The van der Waals surface area contributed by atoms with E-state index in [0.717, 1.165) is 66.0 Å². The molecule has 6 nitrogen and oxygen atoms in total. The van der Waals surface area contributed by atoms with Crippen LogP contribution in [0.1, 0.15) is 51.7 Å². The lowest BCUT2D eigenvalue weighted by molar-refractivity contribution is -0.0939. The van der Waals surface area contributed by atoms with Gasteiger partial charge in [-0.2, -0.15) is 0 Å². The Morgan fingerprint density at radius 2 is 1.86 bits per heavy atom. The quantitative estimate of drug-likeness (QED) is 0.249. The van der Waals surface area contributed by atoms with Crippen LogP contribution in [-0.2, 0) is 28.9 Å². The molecule has 7 heteroatoms. The van der Waals surface area contributed by atoms with Crippen molar-refractivity contribution in [3.63, 3.8) is 0 Å². The van der Waals surface area contributed by atoms with Gasteiger partial charge < -0.3 is 22.9 Å². The fourth-order valence-electron chi connectivity index (χ4n) is 4.78. The molecule has 0 amide bonds. The number of hydrogen-bond donors (Lipinski definition) is 0. The first-order valence-electron chi connectivity index (χ1n) is 12.4. The van der Waals surface area contributed by atoms with E-state index in [1.807, 2.05) is 38.1 Å². The number of fused-ring (bicyclic) bond motifs is 1. The Bertz CT molecular complexity index is 1260. The molecule has 3 aromatic rings. The summed E-state index contributed by atoms with van der Waals surface area (Å²) in [6.45, 7) is 8.94. The van der Waals surface area contributed by atoms with Crippen molar-refractivity contribution in [3.05, 3.63) is 76.0 Å². The maximum Gasteiger partial charge on any atom is 0.337 e. The zero-order valence-electron chi connectivity index (χ0n) is 21.4. The van der Waals surface area contributed by atoms with Crippen molar-refractivity contribution in [2.75, 3.05) is 31.2 Å². The van der Waals surface area contributed by atoms with Crippen LogP contribution >= 0.6 is 11.9 Å². The van der Waals surface area contributed by atoms with Crippen LogP contribution in [0.4, 0.5) is 5.69 Å². The molecule has 190 valence electrons. The van der Waals surface area contributed by atoms with Crippen LogP contribution < -0.4 is 9.04 Å². The number of benzene rings is 2. The van der Waals surface area contributed by atoms with Crippen LogP contribution in [-0.4, -0.2) is 32.8 Å². The average molecular weight is 508 g/mol. The van der Waals surface area contributed by atoms with Gasteiger partial charge in [0.2, 0.25) is 0 Å². The topological polar surface area (TPSA) is 61.1 Å². The van der Waals surface area contributed by atoms with Gasteiger partial charge in [0.25, 0.3) is 0 Å². The van der Waals surface area contributed by atoms with E-state index in [9.17, 15) is 4.79 Å². The monoisotopic (exact) mass is 507 g/mol. The largest absolute Gasteiger partial charge is 0.487 e. The smallest absolute Gasteiger partial charge is 0.337 e. The number of carbonyl (C=O) groups excluding carboxylic acids is 1. The summed E-state index contributed by atoms with van der Waals surface area (Å²) in [6, 6.07) is 14.1.